The van der Waals surface area contributed by atoms with Gasteiger partial charge in [0.2, 0.25) is 5.95 Å². The average Bonchev–Trinajstić information content (AvgIpc) is 2.64. The fraction of sp³-hybridized carbons (Fsp3) is 0.556. The predicted octanol–water partition coefficient (Wildman–Crippen LogP) is 2.21. The van der Waals surface area contributed by atoms with E-state index in [9.17, 15) is 0 Å². The molecular weight excluding hydrogens is 302 g/mol. The van der Waals surface area contributed by atoms with Gasteiger partial charge in [0, 0.05) is 18.5 Å². The maximum Gasteiger partial charge on any atom is 0.225 e. The molecule has 0 atom stereocenters. The summed E-state index contributed by atoms with van der Waals surface area (Å²) < 4.78 is 0. The van der Waals surface area contributed by atoms with Crippen molar-refractivity contribution in [3.63, 3.8) is 0 Å². The Balaban J connectivity index is 1.68. The van der Waals surface area contributed by atoms with E-state index in [1.54, 1.807) is 0 Å². The van der Waals surface area contributed by atoms with E-state index in [2.05, 4.69) is 20.6 Å². The van der Waals surface area contributed by atoms with Gasteiger partial charge in [-0.05, 0) is 56.2 Å². The Morgan fingerprint density at radius 1 is 1.04 bits per heavy atom. The van der Waals surface area contributed by atoms with E-state index < -0.39 is 0 Å². The number of para-hydroxylation sites is 1. The molecule has 0 amide bonds. The van der Waals surface area contributed by atoms with E-state index >= 15 is 0 Å². The van der Waals surface area contributed by atoms with Crippen LogP contribution in [0.2, 0.25) is 0 Å². The van der Waals surface area contributed by atoms with Crippen LogP contribution in [0.5, 0.6) is 0 Å². The second kappa shape index (κ2) is 8.26. The quantitative estimate of drug-likeness (QED) is 0.622. The monoisotopic (exact) mass is 329 g/mol. The van der Waals surface area contributed by atoms with Gasteiger partial charge in [-0.2, -0.15) is 4.98 Å². The molecule has 0 saturated heterocycles. The Morgan fingerprint density at radius 2 is 1.79 bits per heavy atom. The third-order valence-corrected chi connectivity index (χ3v) is 4.86. The van der Waals surface area contributed by atoms with Crippen molar-refractivity contribution in [2.45, 2.75) is 25.7 Å². The maximum absolute atomic E-state index is 9.05. The topological polar surface area (TPSA) is 96.1 Å². The second-order valence-corrected chi connectivity index (χ2v) is 6.57. The first-order valence-corrected chi connectivity index (χ1v) is 8.85. The number of nitrogens with one attached hydrogen (secondary N) is 2. The lowest BCUT2D eigenvalue weighted by Gasteiger charge is -2.27. The molecule has 1 saturated carbocycles. The van der Waals surface area contributed by atoms with Gasteiger partial charge in [0.05, 0.1) is 12.1 Å². The van der Waals surface area contributed by atoms with E-state index in [1.165, 1.54) is 25.7 Å². The number of benzene rings is 1. The van der Waals surface area contributed by atoms with E-state index in [-0.39, 0.29) is 6.61 Å². The summed E-state index contributed by atoms with van der Waals surface area (Å²) in [5.74, 6) is 2.78. The third kappa shape index (κ3) is 4.13. The van der Waals surface area contributed by atoms with Crippen LogP contribution in [0, 0.1) is 11.8 Å². The number of hydrogen-bond acceptors (Lipinski definition) is 6. The van der Waals surface area contributed by atoms with Gasteiger partial charge < -0.3 is 21.5 Å². The van der Waals surface area contributed by atoms with Crippen LogP contribution in [0.3, 0.4) is 0 Å². The van der Waals surface area contributed by atoms with Crippen molar-refractivity contribution < 1.29 is 5.11 Å². The van der Waals surface area contributed by atoms with Crippen molar-refractivity contribution in [3.05, 3.63) is 24.3 Å². The molecule has 0 aliphatic heterocycles. The van der Waals surface area contributed by atoms with Gasteiger partial charge in [-0.15, -0.1) is 0 Å². The molecule has 1 fully saturated rings. The summed E-state index contributed by atoms with van der Waals surface area (Å²) in [5.41, 5.74) is 6.67. The van der Waals surface area contributed by atoms with Crippen LogP contribution >= 0.6 is 0 Å². The number of hydrogen-bond donors (Lipinski definition) is 4. The molecular formula is C18H27N5O. The van der Waals surface area contributed by atoms with Crippen molar-refractivity contribution >= 4 is 22.7 Å². The zero-order chi connectivity index (χ0) is 16.8. The molecule has 5 N–H and O–H groups in total. The molecule has 3 rings (SSSR count). The molecule has 0 spiro atoms. The van der Waals surface area contributed by atoms with Crippen LogP contribution in [0.1, 0.15) is 25.7 Å². The highest BCUT2D eigenvalue weighted by molar-refractivity contribution is 5.89. The molecule has 0 unspecified atom stereocenters. The molecule has 130 valence electrons. The first kappa shape index (κ1) is 16.9. The van der Waals surface area contributed by atoms with Crippen LogP contribution in [0.25, 0.3) is 10.9 Å². The van der Waals surface area contributed by atoms with Gasteiger partial charge in [-0.3, -0.25) is 0 Å². The van der Waals surface area contributed by atoms with Crippen LogP contribution in [-0.4, -0.2) is 41.3 Å². The third-order valence-electron chi connectivity index (χ3n) is 4.86. The number of aliphatic hydroxyl groups is 1. The van der Waals surface area contributed by atoms with E-state index in [4.69, 9.17) is 10.8 Å². The Bertz CT molecular complexity index is 655. The molecule has 1 aromatic heterocycles. The van der Waals surface area contributed by atoms with Crippen LogP contribution in [-0.2, 0) is 0 Å². The van der Waals surface area contributed by atoms with E-state index in [0.29, 0.717) is 24.3 Å². The summed E-state index contributed by atoms with van der Waals surface area (Å²) in [6.45, 7) is 2.26. The normalized spacial score (nSPS) is 20.9. The minimum absolute atomic E-state index is 0.0749. The molecule has 24 heavy (non-hydrogen) atoms. The molecule has 2 aromatic rings. The zero-order valence-corrected chi connectivity index (χ0v) is 14.0. The SMILES string of the molecule is NCC1CCC(CNc2nc(NCCO)c3ccccc3n2)CC1. The lowest BCUT2D eigenvalue weighted by molar-refractivity contribution is 0.289. The van der Waals surface area contributed by atoms with Crippen molar-refractivity contribution in [1.29, 1.82) is 0 Å². The Labute approximate surface area is 142 Å². The summed E-state index contributed by atoms with van der Waals surface area (Å²) in [7, 11) is 0. The maximum atomic E-state index is 9.05. The van der Waals surface area contributed by atoms with E-state index in [1.807, 2.05) is 24.3 Å². The van der Waals surface area contributed by atoms with Crippen LogP contribution < -0.4 is 16.4 Å². The smallest absolute Gasteiger partial charge is 0.225 e. The largest absolute Gasteiger partial charge is 0.395 e. The number of anilines is 2. The molecule has 1 aliphatic rings. The van der Waals surface area contributed by atoms with Crippen molar-refractivity contribution in [2.75, 3.05) is 36.9 Å². The van der Waals surface area contributed by atoms with E-state index in [0.717, 1.165) is 29.8 Å². The molecule has 0 bridgehead atoms. The number of rotatable bonds is 7. The first-order chi connectivity index (χ1) is 11.8. The number of aliphatic hydroxyl groups excluding tert-OH is 1. The first-order valence-electron chi connectivity index (χ1n) is 8.85. The fourth-order valence-electron chi connectivity index (χ4n) is 3.37. The van der Waals surface area contributed by atoms with Gasteiger partial charge in [0.15, 0.2) is 0 Å². The van der Waals surface area contributed by atoms with Crippen molar-refractivity contribution in [2.24, 2.45) is 17.6 Å². The number of aromatic nitrogens is 2. The number of nitrogens with two attached hydrogens (primary N) is 1. The van der Waals surface area contributed by atoms with Crippen molar-refractivity contribution in [3.8, 4) is 0 Å². The predicted molar refractivity (Wildman–Crippen MR) is 98.1 cm³/mol. The van der Waals surface area contributed by atoms with Gasteiger partial charge in [-0.25, -0.2) is 4.98 Å². The molecule has 1 aromatic carbocycles. The Hall–Kier alpha value is -1.92. The van der Waals surface area contributed by atoms with Crippen molar-refractivity contribution in [1.82, 2.24) is 9.97 Å². The standard InChI is InChI=1S/C18H27N5O/c19-11-13-5-7-14(8-6-13)12-21-18-22-16-4-2-1-3-15(16)17(23-18)20-9-10-24/h1-4,13-14,24H,5-12,19H2,(H2,20,21,22,23). The van der Waals surface area contributed by atoms with Crippen LogP contribution in [0.15, 0.2) is 24.3 Å². The minimum atomic E-state index is 0.0749. The van der Waals surface area contributed by atoms with Gasteiger partial charge in [0.25, 0.3) is 0 Å². The molecule has 6 nitrogen and oxygen atoms in total. The summed E-state index contributed by atoms with van der Waals surface area (Å²) in [4.78, 5) is 9.20. The second-order valence-electron chi connectivity index (χ2n) is 6.57. The number of nitrogens with zero attached hydrogens (tertiary/aromatic N) is 2. The summed E-state index contributed by atoms with van der Waals surface area (Å²) in [5, 5.41) is 16.6. The summed E-state index contributed by atoms with van der Waals surface area (Å²) >= 11 is 0. The van der Waals surface area contributed by atoms with Gasteiger partial charge in [0.1, 0.15) is 5.82 Å². The highest BCUT2D eigenvalue weighted by atomic mass is 16.3. The van der Waals surface area contributed by atoms with Crippen LogP contribution in [0.4, 0.5) is 11.8 Å². The molecule has 0 radical (unpaired) electrons. The van der Waals surface area contributed by atoms with Gasteiger partial charge in [-0.1, -0.05) is 12.1 Å². The summed E-state index contributed by atoms with van der Waals surface area (Å²) in [6, 6.07) is 7.92. The molecule has 1 aliphatic carbocycles. The lowest BCUT2D eigenvalue weighted by atomic mass is 9.82. The average molecular weight is 329 g/mol. The lowest BCUT2D eigenvalue weighted by Crippen LogP contribution is -2.25. The molecule has 6 heteroatoms. The zero-order valence-electron chi connectivity index (χ0n) is 14.0. The Morgan fingerprint density at radius 3 is 2.54 bits per heavy atom. The van der Waals surface area contributed by atoms with Gasteiger partial charge >= 0.3 is 0 Å². The fourth-order valence-corrected chi connectivity index (χ4v) is 3.37. The highest BCUT2D eigenvalue weighted by Gasteiger charge is 2.20. The minimum Gasteiger partial charge on any atom is -0.395 e. The highest BCUT2D eigenvalue weighted by Crippen LogP contribution is 2.28. The Kier molecular flexibility index (Phi) is 5.82. The summed E-state index contributed by atoms with van der Waals surface area (Å²) in [6.07, 6.45) is 4.89. The molecule has 1 heterocycles. The number of fused-ring (bicyclic) bond motifs is 1.